The van der Waals surface area contributed by atoms with Crippen LogP contribution in [0.2, 0.25) is 0 Å². The molecule has 4 rings (SSSR count). The Hall–Kier alpha value is -3.99. The van der Waals surface area contributed by atoms with E-state index in [9.17, 15) is 19.2 Å². The SMILES string of the molecule is CCOc1ccc(N2CC(C(=O)NCCN3C(=O)S/C(=C/c4ccc(OC)c(OC)c4)C3=O)CC2=O)cc1. The van der Waals surface area contributed by atoms with E-state index in [0.717, 1.165) is 16.7 Å². The minimum atomic E-state index is -0.520. The summed E-state index contributed by atoms with van der Waals surface area (Å²) in [5.74, 6) is 0.397. The molecule has 0 radical (unpaired) electrons. The number of anilines is 1. The molecule has 10 nitrogen and oxygen atoms in total. The van der Waals surface area contributed by atoms with Gasteiger partial charge in [0.15, 0.2) is 11.5 Å². The van der Waals surface area contributed by atoms with E-state index >= 15 is 0 Å². The molecular weight excluding hydrogens is 510 g/mol. The number of methoxy groups -OCH3 is 2. The number of benzene rings is 2. The summed E-state index contributed by atoms with van der Waals surface area (Å²) in [6, 6.07) is 12.3. The fourth-order valence-electron chi connectivity index (χ4n) is 4.24. The molecule has 0 bridgehead atoms. The molecule has 2 aromatic rings. The van der Waals surface area contributed by atoms with Gasteiger partial charge in [0.25, 0.3) is 11.1 Å². The summed E-state index contributed by atoms with van der Waals surface area (Å²) in [5, 5.41) is 2.35. The van der Waals surface area contributed by atoms with Crippen molar-refractivity contribution in [3.05, 3.63) is 52.9 Å². The molecule has 200 valence electrons. The molecule has 2 aliphatic heterocycles. The molecule has 1 atom stereocenters. The third-order valence-corrected chi connectivity index (χ3v) is 7.08. The van der Waals surface area contributed by atoms with Crippen LogP contribution in [0, 0.1) is 5.92 Å². The van der Waals surface area contributed by atoms with E-state index in [1.165, 1.54) is 14.2 Å². The Bertz CT molecular complexity index is 1260. The Balaban J connectivity index is 1.30. The van der Waals surface area contributed by atoms with Crippen molar-refractivity contribution in [3.63, 3.8) is 0 Å². The van der Waals surface area contributed by atoms with Gasteiger partial charge in [-0.15, -0.1) is 0 Å². The van der Waals surface area contributed by atoms with Crippen molar-refractivity contribution in [3.8, 4) is 17.2 Å². The van der Waals surface area contributed by atoms with Crippen molar-refractivity contribution in [2.75, 3.05) is 45.4 Å². The van der Waals surface area contributed by atoms with Crippen molar-refractivity contribution in [2.45, 2.75) is 13.3 Å². The second kappa shape index (κ2) is 12.0. The molecular formula is C27H29N3O7S. The van der Waals surface area contributed by atoms with Gasteiger partial charge in [-0.1, -0.05) is 6.07 Å². The van der Waals surface area contributed by atoms with Gasteiger partial charge in [-0.2, -0.15) is 0 Å². The minimum absolute atomic E-state index is 0.0307. The van der Waals surface area contributed by atoms with Crippen LogP contribution in [-0.4, -0.2) is 68.3 Å². The highest BCUT2D eigenvalue weighted by Crippen LogP contribution is 2.34. The quantitative estimate of drug-likeness (QED) is 0.458. The third-order valence-electron chi connectivity index (χ3n) is 6.17. The van der Waals surface area contributed by atoms with E-state index in [2.05, 4.69) is 5.32 Å². The lowest BCUT2D eigenvalue weighted by atomic mass is 10.1. The number of ether oxygens (including phenoxy) is 3. The first kappa shape index (κ1) is 27.1. The lowest BCUT2D eigenvalue weighted by Gasteiger charge is -2.18. The van der Waals surface area contributed by atoms with Gasteiger partial charge in [0.1, 0.15) is 5.75 Å². The number of carbonyl (C=O) groups excluding carboxylic acids is 4. The van der Waals surface area contributed by atoms with E-state index in [1.54, 1.807) is 53.4 Å². The van der Waals surface area contributed by atoms with Gasteiger partial charge < -0.3 is 24.4 Å². The molecule has 0 spiro atoms. The van der Waals surface area contributed by atoms with Crippen LogP contribution in [0.1, 0.15) is 18.9 Å². The van der Waals surface area contributed by atoms with E-state index in [1.807, 2.05) is 6.92 Å². The summed E-state index contributed by atoms with van der Waals surface area (Å²) < 4.78 is 15.9. The molecule has 11 heteroatoms. The highest BCUT2D eigenvalue weighted by molar-refractivity contribution is 8.18. The van der Waals surface area contributed by atoms with Crippen LogP contribution in [0.25, 0.3) is 6.08 Å². The summed E-state index contributed by atoms with van der Waals surface area (Å²) in [6.45, 7) is 2.82. The number of amides is 4. The summed E-state index contributed by atoms with van der Waals surface area (Å²) in [6.07, 6.45) is 1.71. The molecule has 4 amide bonds. The topological polar surface area (TPSA) is 114 Å². The maximum Gasteiger partial charge on any atom is 0.293 e. The van der Waals surface area contributed by atoms with Gasteiger partial charge in [-0.25, -0.2) is 0 Å². The number of nitrogens with one attached hydrogen (secondary N) is 1. The summed E-state index contributed by atoms with van der Waals surface area (Å²) in [4.78, 5) is 53.5. The van der Waals surface area contributed by atoms with Gasteiger partial charge in [0.2, 0.25) is 11.8 Å². The second-order valence-corrected chi connectivity index (χ2v) is 9.56. The monoisotopic (exact) mass is 539 g/mol. The smallest absolute Gasteiger partial charge is 0.293 e. The zero-order valence-corrected chi connectivity index (χ0v) is 22.2. The molecule has 1 N–H and O–H groups in total. The van der Waals surface area contributed by atoms with Gasteiger partial charge in [-0.3, -0.25) is 24.1 Å². The number of nitrogens with zero attached hydrogens (tertiary/aromatic N) is 2. The molecule has 2 aliphatic rings. The summed E-state index contributed by atoms with van der Waals surface area (Å²) >= 11 is 0.840. The molecule has 0 aromatic heterocycles. The summed E-state index contributed by atoms with van der Waals surface area (Å²) in [5.41, 5.74) is 1.39. The van der Waals surface area contributed by atoms with Gasteiger partial charge in [0.05, 0.1) is 31.6 Å². The largest absolute Gasteiger partial charge is 0.494 e. The van der Waals surface area contributed by atoms with Gasteiger partial charge in [0, 0.05) is 31.7 Å². The number of imide groups is 1. The maximum atomic E-state index is 12.8. The van der Waals surface area contributed by atoms with Crippen LogP contribution >= 0.6 is 11.8 Å². The lowest BCUT2D eigenvalue weighted by Crippen LogP contribution is -2.40. The molecule has 0 saturated carbocycles. The van der Waals surface area contributed by atoms with Gasteiger partial charge in [-0.05, 0) is 66.7 Å². The van der Waals surface area contributed by atoms with Crippen molar-refractivity contribution < 1.29 is 33.4 Å². The third kappa shape index (κ3) is 5.94. The van der Waals surface area contributed by atoms with Crippen LogP contribution in [0.4, 0.5) is 10.5 Å². The predicted octanol–water partition coefficient (Wildman–Crippen LogP) is 3.31. The van der Waals surface area contributed by atoms with E-state index < -0.39 is 17.1 Å². The second-order valence-electron chi connectivity index (χ2n) is 8.57. The molecule has 2 saturated heterocycles. The van der Waals surface area contributed by atoms with Crippen LogP contribution in [0.5, 0.6) is 17.2 Å². The maximum absolute atomic E-state index is 12.8. The minimum Gasteiger partial charge on any atom is -0.494 e. The molecule has 2 aromatic carbocycles. The average molecular weight is 540 g/mol. The first-order valence-electron chi connectivity index (χ1n) is 12.1. The number of hydrogen-bond donors (Lipinski definition) is 1. The Morgan fingerprint density at radius 2 is 1.82 bits per heavy atom. The first-order valence-corrected chi connectivity index (χ1v) is 12.9. The lowest BCUT2D eigenvalue weighted by molar-refractivity contribution is -0.127. The zero-order chi connectivity index (χ0) is 27.2. The molecule has 2 fully saturated rings. The Morgan fingerprint density at radius 1 is 1.08 bits per heavy atom. The van der Waals surface area contributed by atoms with Crippen LogP contribution < -0.4 is 24.4 Å². The first-order chi connectivity index (χ1) is 18.3. The normalized spacial score (nSPS) is 18.3. The number of carbonyl (C=O) groups is 4. The van der Waals surface area contributed by atoms with Gasteiger partial charge >= 0.3 is 0 Å². The van der Waals surface area contributed by atoms with E-state index in [4.69, 9.17) is 14.2 Å². The fraction of sp³-hybridized carbons (Fsp3) is 0.333. The highest BCUT2D eigenvalue weighted by atomic mass is 32.2. The number of rotatable bonds is 10. The number of thioether (sulfide) groups is 1. The predicted molar refractivity (Wildman–Crippen MR) is 143 cm³/mol. The fourth-order valence-corrected chi connectivity index (χ4v) is 5.11. The van der Waals surface area contributed by atoms with Crippen LogP contribution in [0.3, 0.4) is 0 Å². The Labute approximate surface area is 224 Å². The summed E-state index contributed by atoms with van der Waals surface area (Å²) in [7, 11) is 3.05. The Kier molecular flexibility index (Phi) is 8.57. The zero-order valence-electron chi connectivity index (χ0n) is 21.4. The van der Waals surface area contributed by atoms with E-state index in [0.29, 0.717) is 35.1 Å². The molecule has 0 aliphatic carbocycles. The number of hydrogen-bond acceptors (Lipinski definition) is 8. The van der Waals surface area contributed by atoms with Crippen LogP contribution in [0.15, 0.2) is 47.4 Å². The average Bonchev–Trinajstić information content (AvgIpc) is 3.43. The molecule has 1 unspecified atom stereocenters. The van der Waals surface area contributed by atoms with Crippen molar-refractivity contribution >= 4 is 46.5 Å². The van der Waals surface area contributed by atoms with Crippen molar-refractivity contribution in [1.82, 2.24) is 10.2 Å². The molecule has 38 heavy (non-hydrogen) atoms. The van der Waals surface area contributed by atoms with Crippen LogP contribution in [-0.2, 0) is 14.4 Å². The van der Waals surface area contributed by atoms with Crippen molar-refractivity contribution in [2.24, 2.45) is 5.92 Å². The molecule has 2 heterocycles. The van der Waals surface area contributed by atoms with Crippen molar-refractivity contribution in [1.29, 1.82) is 0 Å². The highest BCUT2D eigenvalue weighted by Gasteiger charge is 2.37. The van der Waals surface area contributed by atoms with E-state index in [-0.39, 0.29) is 42.8 Å². The standard InChI is InChI=1S/C27H29N3O7S/c1-4-37-20-8-6-19(7-9-20)30-16-18(15-24(30)31)25(32)28-11-12-29-26(33)23(38-27(29)34)14-17-5-10-21(35-2)22(13-17)36-3/h5-10,13-14,18H,4,11-12,15-16H2,1-3H3,(H,28,32)/b23-14+. The Morgan fingerprint density at radius 3 is 2.50 bits per heavy atom.